The van der Waals surface area contributed by atoms with Crippen LogP contribution in [0.1, 0.15) is 57.9 Å². The summed E-state index contributed by atoms with van der Waals surface area (Å²) in [5.74, 6) is -2.28. The summed E-state index contributed by atoms with van der Waals surface area (Å²) < 4.78 is 70.8. The van der Waals surface area contributed by atoms with Crippen molar-refractivity contribution in [3.63, 3.8) is 0 Å². The number of aliphatic hydroxyl groups is 8. The van der Waals surface area contributed by atoms with Crippen LogP contribution in [0.4, 0.5) is 15.3 Å². The predicted molar refractivity (Wildman–Crippen MR) is 351 cm³/mol. The van der Waals surface area contributed by atoms with Gasteiger partial charge in [-0.1, -0.05) is 26.0 Å². The lowest BCUT2D eigenvalue weighted by Crippen LogP contribution is -2.56. The molecule has 98 heavy (non-hydrogen) atoms. The van der Waals surface area contributed by atoms with Crippen molar-refractivity contribution in [3.05, 3.63) is 29.8 Å². The summed E-state index contributed by atoms with van der Waals surface area (Å²) >= 11 is 0. The second-order valence-electron chi connectivity index (χ2n) is 22.4. The van der Waals surface area contributed by atoms with Crippen LogP contribution in [-0.4, -0.2) is 341 Å². The van der Waals surface area contributed by atoms with E-state index in [1.54, 1.807) is 38.1 Å². The van der Waals surface area contributed by atoms with Crippen LogP contribution in [0.2, 0.25) is 0 Å². The summed E-state index contributed by atoms with van der Waals surface area (Å²) in [7, 11) is 0. The molecule has 1 rings (SSSR count). The maximum absolute atomic E-state index is 13.5. The van der Waals surface area contributed by atoms with Gasteiger partial charge in [-0.3, -0.25) is 24.1 Å². The molecule has 7 amide bonds. The predicted octanol–water partition coefficient (Wildman–Crippen LogP) is -5.05. The van der Waals surface area contributed by atoms with E-state index >= 15 is 0 Å². The Hall–Kier alpha value is -5.24. The van der Waals surface area contributed by atoms with Gasteiger partial charge >= 0.3 is 12.1 Å². The van der Waals surface area contributed by atoms with Crippen LogP contribution in [0.25, 0.3) is 0 Å². The Labute approximate surface area is 573 Å². The van der Waals surface area contributed by atoms with E-state index in [1.165, 1.54) is 4.90 Å². The molecule has 0 aliphatic rings. The number of aliphatic hydroxyl groups excluding tert-OH is 8. The first-order valence-electron chi connectivity index (χ1n) is 33.1. The molecule has 0 spiro atoms. The molecule has 0 bridgehead atoms. The van der Waals surface area contributed by atoms with Gasteiger partial charge in [-0.15, -0.1) is 0 Å². The third kappa shape index (κ3) is 49.3. The number of urea groups is 1. The van der Waals surface area contributed by atoms with Crippen molar-refractivity contribution in [2.45, 2.75) is 114 Å². The number of nitrogens with two attached hydrogens (primary N) is 3. The van der Waals surface area contributed by atoms with Crippen LogP contribution < -0.4 is 43.8 Å². The fourth-order valence-electron chi connectivity index (χ4n) is 8.46. The zero-order valence-corrected chi connectivity index (χ0v) is 57.0. The number of ether oxygens (including phenoxy) is 13. The average molecular weight is 1420 g/mol. The van der Waals surface area contributed by atoms with Crippen molar-refractivity contribution in [1.29, 1.82) is 0 Å². The topological polar surface area (TPSA) is 526 Å². The molecule has 9 atom stereocenters. The highest BCUT2D eigenvalue weighted by atomic mass is 16.6. The van der Waals surface area contributed by atoms with Crippen LogP contribution in [0.3, 0.4) is 0 Å². The molecule has 1 aromatic rings. The van der Waals surface area contributed by atoms with Crippen molar-refractivity contribution in [3.8, 4) is 0 Å². The van der Waals surface area contributed by atoms with E-state index in [2.05, 4.69) is 26.6 Å². The quantitative estimate of drug-likeness (QED) is 0.0271. The largest absolute Gasteiger partial charge is 0.445 e. The summed E-state index contributed by atoms with van der Waals surface area (Å²) in [5.41, 5.74) is 17.4. The number of amides is 7. The molecule has 0 aliphatic carbocycles. The van der Waals surface area contributed by atoms with Gasteiger partial charge < -0.3 is 146 Å². The highest BCUT2D eigenvalue weighted by Crippen LogP contribution is 2.14. The number of carbonyl (C=O) groups excluding carboxylic acids is 6. The molecular weight excluding hydrogens is 1300 g/mol. The molecule has 0 aliphatic heterocycles. The Morgan fingerprint density at radius 3 is 1.26 bits per heavy atom. The molecule has 36 heteroatoms. The van der Waals surface area contributed by atoms with Crippen LogP contribution in [0.15, 0.2) is 24.3 Å². The fourth-order valence-corrected chi connectivity index (χ4v) is 8.46. The Bertz CT molecular complexity index is 2150. The number of hydrogen-bond acceptors (Lipinski definition) is 29. The minimum Gasteiger partial charge on any atom is -0.445 e. The number of rotatable bonds is 67. The molecule has 0 aromatic heterocycles. The molecule has 570 valence electrons. The normalized spacial score (nSPS) is 14.4. The smallest absolute Gasteiger partial charge is 0.404 e. The number of benzene rings is 1. The summed E-state index contributed by atoms with van der Waals surface area (Å²) in [6, 6.07) is 2.65. The number of nitrogens with one attached hydrogen (secondary N) is 5. The highest BCUT2D eigenvalue weighted by Gasteiger charge is 2.32. The first-order chi connectivity index (χ1) is 47.2. The minimum absolute atomic E-state index is 0.0567. The second kappa shape index (κ2) is 60.5. The molecule has 0 unspecified atom stereocenters. The van der Waals surface area contributed by atoms with Gasteiger partial charge in [0.15, 0.2) is 0 Å². The first-order valence-corrected chi connectivity index (χ1v) is 33.1. The van der Waals surface area contributed by atoms with Crippen LogP contribution in [0, 0.1) is 5.92 Å². The molecule has 0 fully saturated rings. The van der Waals surface area contributed by atoms with Gasteiger partial charge in [-0.05, 0) is 55.7 Å². The number of carbonyl (C=O) groups is 6. The monoisotopic (exact) mass is 1420 g/mol. The average Bonchev–Trinajstić information content (AvgIpc) is 0.901. The van der Waals surface area contributed by atoms with Crippen molar-refractivity contribution in [2.75, 3.05) is 210 Å². The van der Waals surface area contributed by atoms with Gasteiger partial charge in [-0.25, -0.2) is 9.59 Å². The third-order valence-electron chi connectivity index (χ3n) is 14.0. The van der Waals surface area contributed by atoms with Crippen molar-refractivity contribution < 1.29 is 131 Å². The summed E-state index contributed by atoms with van der Waals surface area (Å²) in [6.07, 6.45) is -8.57. The zero-order chi connectivity index (χ0) is 72.4. The summed E-state index contributed by atoms with van der Waals surface area (Å²) in [4.78, 5) is 75.9. The Morgan fingerprint density at radius 1 is 0.469 bits per heavy atom. The van der Waals surface area contributed by atoms with Gasteiger partial charge in [0.1, 0.15) is 43.1 Å². The van der Waals surface area contributed by atoms with E-state index < -0.39 is 97.8 Å². The van der Waals surface area contributed by atoms with E-state index in [1.807, 2.05) is 0 Å². The lowest BCUT2D eigenvalue weighted by molar-refractivity contribution is -0.132. The standard InChI is InChI=1S/C62H115N9O27/c1-45(2)55(60(83)69-49(7-5-14-67-61(64)84)59(82)68-47-10-8-46(9-11-47)44-98-62(65)85)70-58(81)48(63)6-3-4-13-66-54(78)12-16-86-18-20-88-22-24-90-26-28-92-30-32-94-34-36-96-38-39-97-37-35-95-33-31-93-29-27-91-25-23-89-21-19-87-17-15-71(40-50(74)56(79)52(76)42-72)41-51(75)57(80)53(77)43-73/h8-11,45,48-53,55-57,72-77,79-80H,3-7,12-44,63H2,1-2H3,(H2,65,85)(H,66,78)(H,68,82)(H,69,83)(H,70,81)(H3,64,67,84)/t48-,49-,50-,51-,52+,53+,55-,56+,57+/m0/s1. The zero-order valence-electron chi connectivity index (χ0n) is 57.0. The van der Waals surface area contributed by atoms with Gasteiger partial charge in [0.25, 0.3) is 0 Å². The van der Waals surface area contributed by atoms with E-state index in [4.69, 9.17) is 89.0 Å². The van der Waals surface area contributed by atoms with Crippen molar-refractivity contribution in [2.24, 2.45) is 23.1 Å². The Morgan fingerprint density at radius 2 is 0.867 bits per heavy atom. The molecular formula is C62H115N9O27. The van der Waals surface area contributed by atoms with Crippen molar-refractivity contribution in [1.82, 2.24) is 26.2 Å². The fraction of sp³-hybridized carbons (Fsp3) is 0.806. The van der Waals surface area contributed by atoms with Crippen LogP contribution in [0.5, 0.6) is 0 Å². The molecule has 36 nitrogen and oxygen atoms in total. The number of primary amides is 2. The number of anilines is 1. The van der Waals surface area contributed by atoms with Gasteiger partial charge in [0, 0.05) is 44.8 Å². The van der Waals surface area contributed by atoms with E-state index in [0.29, 0.717) is 169 Å². The number of hydrogen-bond donors (Lipinski definition) is 16. The molecule has 0 saturated heterocycles. The third-order valence-corrected chi connectivity index (χ3v) is 14.0. The lowest BCUT2D eigenvalue weighted by Gasteiger charge is -2.32. The van der Waals surface area contributed by atoms with E-state index in [9.17, 15) is 59.4 Å². The molecule has 0 radical (unpaired) electrons. The molecule has 0 heterocycles. The maximum atomic E-state index is 13.5. The summed E-state index contributed by atoms with van der Waals surface area (Å²) in [6.45, 7) is 10.4. The minimum atomic E-state index is -1.68. The molecule has 1 aromatic carbocycles. The van der Waals surface area contributed by atoms with Gasteiger partial charge in [0.2, 0.25) is 23.6 Å². The van der Waals surface area contributed by atoms with E-state index in [-0.39, 0.29) is 90.3 Å². The molecule has 0 saturated carbocycles. The lowest BCUT2D eigenvalue weighted by atomic mass is 10.0. The van der Waals surface area contributed by atoms with Crippen molar-refractivity contribution >= 4 is 41.4 Å². The Balaban J connectivity index is 1.97. The van der Waals surface area contributed by atoms with Crippen LogP contribution >= 0.6 is 0 Å². The highest BCUT2D eigenvalue weighted by molar-refractivity contribution is 5.98. The SMILES string of the molecule is CC(C)[C@H](NC(=O)[C@@H](N)CCCCNC(=O)CCOCCOCCOCCOCCOCCOCCOCCOCCOCCOCCOCCOCCN(C[C@H](O)[C@@H](O)[C@H](O)CO)C[C@H](O)[C@@H](O)[C@H](O)CO)C(=O)N[C@@H](CCCNC(N)=O)C(=O)Nc1ccc(COC(N)=O)cc1. The Kier molecular flexibility index (Phi) is 56.1. The van der Waals surface area contributed by atoms with E-state index in [0.717, 1.165) is 0 Å². The molecule has 19 N–H and O–H groups in total. The van der Waals surface area contributed by atoms with Crippen LogP contribution in [-0.2, 0) is 87.4 Å². The number of nitrogens with zero attached hydrogens (tertiary/aromatic N) is 1. The maximum Gasteiger partial charge on any atom is 0.404 e. The number of unbranched alkanes of at least 4 members (excludes halogenated alkanes) is 1. The first kappa shape index (κ1) is 90.8. The summed E-state index contributed by atoms with van der Waals surface area (Å²) in [5, 5.41) is 91.3. The second-order valence-corrected chi connectivity index (χ2v) is 22.4. The van der Waals surface area contributed by atoms with Gasteiger partial charge in [0.05, 0.1) is 190 Å². The van der Waals surface area contributed by atoms with Gasteiger partial charge in [-0.2, -0.15) is 0 Å².